The van der Waals surface area contributed by atoms with E-state index in [2.05, 4.69) is 12.1 Å². The SMILES string of the molecule is Cc1cc(Cc2cc(-c3ccccc3)cc(Cc3ccc(O)c(C)c3)c2O)ccc1O. The molecule has 0 aliphatic heterocycles. The molecule has 31 heavy (non-hydrogen) atoms. The topological polar surface area (TPSA) is 60.7 Å². The Morgan fingerprint density at radius 3 is 1.48 bits per heavy atom. The van der Waals surface area contributed by atoms with Crippen LogP contribution in [0.5, 0.6) is 17.2 Å². The molecule has 0 heterocycles. The average molecular weight is 411 g/mol. The zero-order valence-corrected chi connectivity index (χ0v) is 17.8. The minimum Gasteiger partial charge on any atom is -0.508 e. The Hall–Kier alpha value is -3.72. The van der Waals surface area contributed by atoms with Gasteiger partial charge in [-0.1, -0.05) is 54.6 Å². The van der Waals surface area contributed by atoms with Crippen LogP contribution in [-0.4, -0.2) is 15.3 Å². The van der Waals surface area contributed by atoms with E-state index < -0.39 is 0 Å². The van der Waals surface area contributed by atoms with Crippen LogP contribution in [0.4, 0.5) is 0 Å². The quantitative estimate of drug-likeness (QED) is 0.363. The first-order chi connectivity index (χ1) is 14.9. The fraction of sp³-hybridized carbons (Fsp3) is 0.143. The van der Waals surface area contributed by atoms with Crippen LogP contribution in [0.15, 0.2) is 78.9 Å². The number of phenols is 3. The third-order valence-corrected chi connectivity index (χ3v) is 5.69. The monoisotopic (exact) mass is 410 g/mol. The molecule has 0 aliphatic rings. The van der Waals surface area contributed by atoms with Gasteiger partial charge in [0.1, 0.15) is 17.2 Å². The highest BCUT2D eigenvalue weighted by atomic mass is 16.3. The molecule has 4 aromatic carbocycles. The smallest absolute Gasteiger partial charge is 0.122 e. The molecule has 0 spiro atoms. The number of benzene rings is 4. The van der Waals surface area contributed by atoms with Crippen LogP contribution in [0.3, 0.4) is 0 Å². The van der Waals surface area contributed by atoms with Crippen LogP contribution in [0.1, 0.15) is 33.4 Å². The van der Waals surface area contributed by atoms with Crippen molar-refractivity contribution in [3.05, 3.63) is 112 Å². The highest BCUT2D eigenvalue weighted by molar-refractivity contribution is 5.68. The largest absolute Gasteiger partial charge is 0.508 e. The van der Waals surface area contributed by atoms with Gasteiger partial charge in [0.15, 0.2) is 0 Å². The van der Waals surface area contributed by atoms with E-state index in [0.717, 1.165) is 44.5 Å². The summed E-state index contributed by atoms with van der Waals surface area (Å²) >= 11 is 0. The van der Waals surface area contributed by atoms with E-state index >= 15 is 0 Å². The van der Waals surface area contributed by atoms with Gasteiger partial charge in [0, 0.05) is 12.8 Å². The maximum absolute atomic E-state index is 11.1. The number of rotatable bonds is 5. The molecule has 0 saturated heterocycles. The Morgan fingerprint density at radius 1 is 0.548 bits per heavy atom. The van der Waals surface area contributed by atoms with Gasteiger partial charge < -0.3 is 15.3 Å². The van der Waals surface area contributed by atoms with Gasteiger partial charge in [0.25, 0.3) is 0 Å². The summed E-state index contributed by atoms with van der Waals surface area (Å²) in [6, 6.07) is 25.3. The molecule has 3 heteroatoms. The van der Waals surface area contributed by atoms with Crippen molar-refractivity contribution in [3.63, 3.8) is 0 Å². The molecule has 0 saturated carbocycles. The number of aryl methyl sites for hydroxylation is 2. The lowest BCUT2D eigenvalue weighted by Crippen LogP contribution is -1.97. The van der Waals surface area contributed by atoms with Crippen molar-refractivity contribution in [2.45, 2.75) is 26.7 Å². The molecular formula is C28H26O3. The zero-order chi connectivity index (χ0) is 22.0. The van der Waals surface area contributed by atoms with E-state index in [1.54, 1.807) is 12.1 Å². The van der Waals surface area contributed by atoms with Crippen molar-refractivity contribution in [1.82, 2.24) is 0 Å². The normalized spacial score (nSPS) is 10.9. The van der Waals surface area contributed by atoms with Crippen LogP contribution in [0, 0.1) is 13.8 Å². The maximum atomic E-state index is 11.1. The minimum absolute atomic E-state index is 0.273. The molecule has 0 bridgehead atoms. The van der Waals surface area contributed by atoms with Crippen molar-refractivity contribution in [2.75, 3.05) is 0 Å². The van der Waals surface area contributed by atoms with Crippen molar-refractivity contribution in [3.8, 4) is 28.4 Å². The van der Waals surface area contributed by atoms with Gasteiger partial charge in [-0.25, -0.2) is 0 Å². The molecule has 0 amide bonds. The van der Waals surface area contributed by atoms with Crippen LogP contribution in [-0.2, 0) is 12.8 Å². The van der Waals surface area contributed by atoms with Gasteiger partial charge in [-0.2, -0.15) is 0 Å². The predicted octanol–water partition coefficient (Wildman–Crippen LogP) is 6.27. The van der Waals surface area contributed by atoms with E-state index in [-0.39, 0.29) is 17.2 Å². The molecule has 156 valence electrons. The van der Waals surface area contributed by atoms with E-state index in [0.29, 0.717) is 12.8 Å². The fourth-order valence-corrected chi connectivity index (χ4v) is 3.92. The van der Waals surface area contributed by atoms with Crippen molar-refractivity contribution >= 4 is 0 Å². The summed E-state index contributed by atoms with van der Waals surface area (Å²) in [5, 5.41) is 30.8. The van der Waals surface area contributed by atoms with E-state index in [1.807, 2.05) is 68.4 Å². The number of phenolic OH excluding ortho intramolecular Hbond substituents is 3. The summed E-state index contributed by atoms with van der Waals surface area (Å²) in [6.45, 7) is 3.75. The standard InChI is InChI=1S/C28H26O3/c1-18-12-20(8-10-26(18)29)14-24-16-23(22-6-4-3-5-7-22)17-25(28(24)31)15-21-9-11-27(30)19(2)13-21/h3-13,16-17,29-31H,14-15H2,1-2H3. The Kier molecular flexibility index (Phi) is 5.68. The van der Waals surface area contributed by atoms with E-state index in [4.69, 9.17) is 0 Å². The van der Waals surface area contributed by atoms with Crippen molar-refractivity contribution in [2.24, 2.45) is 0 Å². The molecule has 3 N–H and O–H groups in total. The van der Waals surface area contributed by atoms with Gasteiger partial charge in [-0.3, -0.25) is 0 Å². The van der Waals surface area contributed by atoms with Gasteiger partial charge >= 0.3 is 0 Å². The fourth-order valence-electron chi connectivity index (χ4n) is 3.92. The summed E-state index contributed by atoms with van der Waals surface area (Å²) < 4.78 is 0. The first-order valence-corrected chi connectivity index (χ1v) is 10.4. The lowest BCUT2D eigenvalue weighted by Gasteiger charge is -2.15. The van der Waals surface area contributed by atoms with Gasteiger partial charge in [0.2, 0.25) is 0 Å². The lowest BCUT2D eigenvalue weighted by molar-refractivity contribution is 0.463. The first-order valence-electron chi connectivity index (χ1n) is 10.4. The predicted molar refractivity (Wildman–Crippen MR) is 125 cm³/mol. The van der Waals surface area contributed by atoms with E-state index in [1.165, 1.54) is 0 Å². The Morgan fingerprint density at radius 2 is 1.03 bits per heavy atom. The lowest BCUT2D eigenvalue weighted by atomic mass is 9.92. The second-order valence-electron chi connectivity index (χ2n) is 8.10. The molecular weight excluding hydrogens is 384 g/mol. The van der Waals surface area contributed by atoms with Crippen molar-refractivity contribution in [1.29, 1.82) is 0 Å². The highest BCUT2D eigenvalue weighted by Crippen LogP contribution is 2.34. The molecule has 4 rings (SSSR count). The van der Waals surface area contributed by atoms with Crippen molar-refractivity contribution < 1.29 is 15.3 Å². The van der Waals surface area contributed by atoms with Gasteiger partial charge in [-0.15, -0.1) is 0 Å². The second kappa shape index (κ2) is 8.57. The third-order valence-electron chi connectivity index (χ3n) is 5.69. The molecule has 0 fully saturated rings. The third kappa shape index (κ3) is 4.56. The number of hydrogen-bond donors (Lipinski definition) is 3. The molecule has 0 radical (unpaired) electrons. The molecule has 3 nitrogen and oxygen atoms in total. The summed E-state index contributed by atoms with van der Waals surface area (Å²) in [5.74, 6) is 0.833. The Labute approximate surface area is 182 Å². The van der Waals surface area contributed by atoms with Crippen LogP contribution < -0.4 is 0 Å². The summed E-state index contributed by atoms with van der Waals surface area (Å²) in [5.41, 5.74) is 7.52. The first kappa shape index (κ1) is 20.5. The second-order valence-corrected chi connectivity index (χ2v) is 8.10. The van der Waals surface area contributed by atoms with Crippen LogP contribution in [0.2, 0.25) is 0 Å². The minimum atomic E-state index is 0.273. The highest BCUT2D eigenvalue weighted by Gasteiger charge is 2.14. The summed E-state index contributed by atoms with van der Waals surface area (Å²) in [6.07, 6.45) is 1.13. The average Bonchev–Trinajstić information content (AvgIpc) is 2.76. The molecule has 0 atom stereocenters. The zero-order valence-electron chi connectivity index (χ0n) is 17.8. The number of hydrogen-bond acceptors (Lipinski definition) is 3. The van der Waals surface area contributed by atoms with E-state index in [9.17, 15) is 15.3 Å². The van der Waals surface area contributed by atoms with Crippen LogP contribution >= 0.6 is 0 Å². The van der Waals surface area contributed by atoms with Crippen LogP contribution in [0.25, 0.3) is 11.1 Å². The van der Waals surface area contributed by atoms with Gasteiger partial charge in [0.05, 0.1) is 0 Å². The maximum Gasteiger partial charge on any atom is 0.122 e. The molecule has 0 aromatic heterocycles. The number of aromatic hydroxyl groups is 3. The summed E-state index contributed by atoms with van der Waals surface area (Å²) in [7, 11) is 0. The molecule has 0 unspecified atom stereocenters. The van der Waals surface area contributed by atoms with Gasteiger partial charge in [-0.05, 0) is 82.6 Å². The summed E-state index contributed by atoms with van der Waals surface area (Å²) in [4.78, 5) is 0. The molecule has 0 aliphatic carbocycles. The Balaban J connectivity index is 1.78. The molecule has 4 aromatic rings. The Bertz CT molecular complexity index is 1150.